The quantitative estimate of drug-likeness (QED) is 0.892. The second kappa shape index (κ2) is 6.66. The van der Waals surface area contributed by atoms with Gasteiger partial charge in [0.05, 0.1) is 5.56 Å². The molecule has 1 saturated heterocycles. The normalized spacial score (nSPS) is 21.2. The number of benzene rings is 1. The highest BCUT2D eigenvalue weighted by Crippen LogP contribution is 2.36. The van der Waals surface area contributed by atoms with E-state index in [0.717, 1.165) is 43.2 Å². The average molecular weight is 337 g/mol. The fourth-order valence-corrected chi connectivity index (χ4v) is 4.03. The molecule has 4 heteroatoms. The molecule has 1 aromatic carbocycles. The molecule has 1 aromatic heterocycles. The van der Waals surface area contributed by atoms with Crippen LogP contribution >= 0.6 is 0 Å². The summed E-state index contributed by atoms with van der Waals surface area (Å²) in [5.41, 5.74) is 3.25. The van der Waals surface area contributed by atoms with Crippen LogP contribution in [-0.2, 0) is 12.8 Å². The van der Waals surface area contributed by atoms with Crippen molar-refractivity contribution < 1.29 is 5.11 Å². The smallest absolute Gasteiger partial charge is 0.165 e. The van der Waals surface area contributed by atoms with Gasteiger partial charge < -0.3 is 10.0 Å². The van der Waals surface area contributed by atoms with E-state index in [-0.39, 0.29) is 5.75 Å². The minimum Gasteiger partial charge on any atom is -0.507 e. The summed E-state index contributed by atoms with van der Waals surface area (Å²) in [5.74, 6) is 3.52. The molecule has 0 saturated carbocycles. The first-order chi connectivity index (χ1) is 12.1. The molecule has 2 aromatic rings. The molecule has 1 atom stereocenters. The minimum absolute atomic E-state index is 0.254. The Morgan fingerprint density at radius 2 is 1.76 bits per heavy atom. The van der Waals surface area contributed by atoms with E-state index in [0.29, 0.717) is 11.7 Å². The van der Waals surface area contributed by atoms with Gasteiger partial charge >= 0.3 is 0 Å². The Morgan fingerprint density at radius 3 is 2.52 bits per heavy atom. The third-order valence-electron chi connectivity index (χ3n) is 5.73. The van der Waals surface area contributed by atoms with E-state index in [1.807, 2.05) is 18.2 Å². The van der Waals surface area contributed by atoms with Gasteiger partial charge in [-0.1, -0.05) is 26.0 Å². The molecule has 25 heavy (non-hydrogen) atoms. The van der Waals surface area contributed by atoms with Gasteiger partial charge in [0.1, 0.15) is 11.6 Å². The Bertz CT molecular complexity index is 766. The van der Waals surface area contributed by atoms with E-state index in [9.17, 15) is 5.11 Å². The lowest BCUT2D eigenvalue weighted by atomic mass is 9.87. The van der Waals surface area contributed by atoms with Gasteiger partial charge in [-0.2, -0.15) is 0 Å². The third-order valence-corrected chi connectivity index (χ3v) is 5.73. The zero-order chi connectivity index (χ0) is 17.4. The Hall–Kier alpha value is -2.10. The number of nitrogens with zero attached hydrogens (tertiary/aromatic N) is 3. The van der Waals surface area contributed by atoms with Crippen molar-refractivity contribution in [2.24, 2.45) is 11.8 Å². The fourth-order valence-electron chi connectivity index (χ4n) is 4.03. The first-order valence-electron chi connectivity index (χ1n) is 9.55. The molecule has 0 spiro atoms. The second-order valence-electron chi connectivity index (χ2n) is 7.83. The molecule has 1 aliphatic carbocycles. The Morgan fingerprint density at radius 1 is 1.00 bits per heavy atom. The van der Waals surface area contributed by atoms with Gasteiger partial charge in [-0.15, -0.1) is 0 Å². The van der Waals surface area contributed by atoms with Crippen molar-refractivity contribution in [3.63, 3.8) is 0 Å². The van der Waals surface area contributed by atoms with E-state index >= 15 is 0 Å². The van der Waals surface area contributed by atoms with Crippen LogP contribution in [0.1, 0.15) is 44.4 Å². The summed E-state index contributed by atoms with van der Waals surface area (Å²) in [6, 6.07) is 7.39. The van der Waals surface area contributed by atoms with Crippen LogP contribution in [0.5, 0.6) is 5.75 Å². The topological polar surface area (TPSA) is 49.2 Å². The summed E-state index contributed by atoms with van der Waals surface area (Å²) in [6.07, 6.45) is 5.70. The zero-order valence-corrected chi connectivity index (χ0v) is 15.2. The standard InChI is InChI=1S/C21H27N3O/c1-14-9-11-24(12-10-14)21-17-13-15(2)7-8-18(17)22-20(23-21)16-5-3-4-6-19(16)25/h3-6,14-15,25H,7-13H2,1-2H3. The lowest BCUT2D eigenvalue weighted by Gasteiger charge is -2.34. The molecule has 0 bridgehead atoms. The Balaban J connectivity index is 1.80. The summed E-state index contributed by atoms with van der Waals surface area (Å²) in [7, 11) is 0. The van der Waals surface area contributed by atoms with Gasteiger partial charge in [0.25, 0.3) is 0 Å². The lowest BCUT2D eigenvalue weighted by Crippen LogP contribution is -2.35. The van der Waals surface area contributed by atoms with Gasteiger partial charge in [-0.3, -0.25) is 0 Å². The highest BCUT2D eigenvalue weighted by molar-refractivity contribution is 5.66. The van der Waals surface area contributed by atoms with Crippen molar-refractivity contribution in [2.45, 2.75) is 46.0 Å². The summed E-state index contributed by atoms with van der Waals surface area (Å²) < 4.78 is 0. The van der Waals surface area contributed by atoms with E-state index in [1.54, 1.807) is 6.07 Å². The average Bonchev–Trinajstić information content (AvgIpc) is 2.62. The molecule has 2 heterocycles. The number of aryl methyl sites for hydroxylation is 1. The monoisotopic (exact) mass is 337 g/mol. The maximum atomic E-state index is 10.3. The molecular weight excluding hydrogens is 310 g/mol. The summed E-state index contributed by atoms with van der Waals surface area (Å²) >= 11 is 0. The van der Waals surface area contributed by atoms with Crippen LogP contribution in [0.25, 0.3) is 11.4 Å². The number of piperidine rings is 1. The Kier molecular flexibility index (Phi) is 4.36. The molecule has 2 aliphatic rings. The van der Waals surface area contributed by atoms with Gasteiger partial charge in [0, 0.05) is 24.3 Å². The van der Waals surface area contributed by atoms with Crippen LogP contribution < -0.4 is 4.90 Å². The van der Waals surface area contributed by atoms with Crippen molar-refractivity contribution in [3.05, 3.63) is 35.5 Å². The van der Waals surface area contributed by atoms with E-state index < -0.39 is 0 Å². The number of hydrogen-bond donors (Lipinski definition) is 1. The van der Waals surface area contributed by atoms with Crippen molar-refractivity contribution in [2.75, 3.05) is 18.0 Å². The fraction of sp³-hybridized carbons (Fsp3) is 0.524. The number of rotatable bonds is 2. The minimum atomic E-state index is 0.254. The van der Waals surface area contributed by atoms with Crippen LogP contribution in [0.3, 0.4) is 0 Å². The lowest BCUT2D eigenvalue weighted by molar-refractivity contribution is 0.432. The van der Waals surface area contributed by atoms with Crippen molar-refractivity contribution in [1.82, 2.24) is 9.97 Å². The summed E-state index contributed by atoms with van der Waals surface area (Å²) in [4.78, 5) is 12.3. The van der Waals surface area contributed by atoms with Crippen LogP contribution in [-0.4, -0.2) is 28.2 Å². The summed E-state index contributed by atoms with van der Waals surface area (Å²) in [5, 5.41) is 10.3. The largest absolute Gasteiger partial charge is 0.507 e. The highest BCUT2D eigenvalue weighted by Gasteiger charge is 2.27. The Labute approximate surface area is 149 Å². The van der Waals surface area contributed by atoms with Crippen LogP contribution in [0, 0.1) is 11.8 Å². The molecule has 4 nitrogen and oxygen atoms in total. The van der Waals surface area contributed by atoms with Gasteiger partial charge in [-0.05, 0) is 56.1 Å². The maximum Gasteiger partial charge on any atom is 0.165 e. The van der Waals surface area contributed by atoms with Crippen LogP contribution in [0.2, 0.25) is 0 Å². The van der Waals surface area contributed by atoms with Gasteiger partial charge in [0.15, 0.2) is 5.82 Å². The predicted molar refractivity (Wildman–Crippen MR) is 101 cm³/mol. The molecule has 4 rings (SSSR count). The molecular formula is C21H27N3O. The SMILES string of the molecule is CC1CCN(c2nc(-c3ccccc3O)nc3c2CC(C)CC3)CC1. The molecule has 0 radical (unpaired) electrons. The number of aromatic nitrogens is 2. The zero-order valence-electron chi connectivity index (χ0n) is 15.2. The van der Waals surface area contributed by atoms with Crippen LogP contribution in [0.4, 0.5) is 5.82 Å². The number of anilines is 1. The number of fused-ring (bicyclic) bond motifs is 1. The van der Waals surface area contributed by atoms with Crippen LogP contribution in [0.15, 0.2) is 24.3 Å². The van der Waals surface area contributed by atoms with E-state index in [2.05, 4.69) is 18.7 Å². The molecule has 132 valence electrons. The van der Waals surface area contributed by atoms with Gasteiger partial charge in [-0.25, -0.2) is 9.97 Å². The molecule has 0 amide bonds. The third kappa shape index (κ3) is 3.22. The first-order valence-corrected chi connectivity index (χ1v) is 9.55. The first kappa shape index (κ1) is 16.4. The second-order valence-corrected chi connectivity index (χ2v) is 7.83. The van der Waals surface area contributed by atoms with Crippen molar-refractivity contribution in [1.29, 1.82) is 0 Å². The van der Waals surface area contributed by atoms with Gasteiger partial charge in [0.2, 0.25) is 0 Å². The van der Waals surface area contributed by atoms with E-state index in [4.69, 9.17) is 9.97 Å². The number of para-hydroxylation sites is 1. The molecule has 1 unspecified atom stereocenters. The number of aromatic hydroxyl groups is 1. The predicted octanol–water partition coefficient (Wildman–Crippen LogP) is 4.21. The van der Waals surface area contributed by atoms with E-state index in [1.165, 1.54) is 30.5 Å². The number of hydrogen-bond acceptors (Lipinski definition) is 4. The van der Waals surface area contributed by atoms with Crippen molar-refractivity contribution in [3.8, 4) is 17.1 Å². The highest BCUT2D eigenvalue weighted by atomic mass is 16.3. The molecule has 1 fully saturated rings. The number of phenols is 1. The van der Waals surface area contributed by atoms with Crippen molar-refractivity contribution >= 4 is 5.82 Å². The maximum absolute atomic E-state index is 10.3. The molecule has 1 N–H and O–H groups in total. The number of phenolic OH excluding ortho intramolecular Hbond substituents is 1. The molecule has 1 aliphatic heterocycles. The summed E-state index contributed by atoms with van der Waals surface area (Å²) in [6.45, 7) is 6.79.